The molecule has 0 saturated carbocycles. The van der Waals surface area contributed by atoms with E-state index in [0.29, 0.717) is 6.07 Å². The average Bonchev–Trinajstić information content (AvgIpc) is 2.07. The predicted molar refractivity (Wildman–Crippen MR) is 39.2 cm³/mol. The number of aliphatic hydroxyl groups excluding tert-OH is 1. The molecule has 0 aliphatic rings. The summed E-state index contributed by atoms with van der Waals surface area (Å²) in [6.07, 6.45) is 0. The van der Waals surface area contributed by atoms with Gasteiger partial charge in [0, 0.05) is 5.56 Å². The fourth-order valence-corrected chi connectivity index (χ4v) is 0.980. The summed E-state index contributed by atoms with van der Waals surface area (Å²) in [5.41, 5.74) is -1.35. The molecule has 0 saturated heterocycles. The highest BCUT2D eigenvalue weighted by atomic mass is 19.1. The lowest BCUT2D eigenvalue weighted by molar-refractivity contribution is 0.0687. The second kappa shape index (κ2) is 3.49. The first-order chi connectivity index (χ1) is 6.07. The Morgan fingerprint density at radius 1 is 1.31 bits per heavy atom. The van der Waals surface area contributed by atoms with E-state index in [9.17, 15) is 13.6 Å². The van der Waals surface area contributed by atoms with E-state index in [1.54, 1.807) is 0 Å². The third-order valence-electron chi connectivity index (χ3n) is 1.58. The molecule has 0 bridgehead atoms. The number of hydrogen-bond donors (Lipinski definition) is 2. The van der Waals surface area contributed by atoms with Crippen molar-refractivity contribution in [2.45, 2.75) is 6.61 Å². The lowest BCUT2D eigenvalue weighted by atomic mass is 10.1. The molecule has 2 N–H and O–H groups in total. The smallest absolute Gasteiger partial charge is 0.339 e. The second-order valence-electron chi connectivity index (χ2n) is 2.35. The van der Waals surface area contributed by atoms with Crippen LogP contribution in [0.2, 0.25) is 0 Å². The van der Waals surface area contributed by atoms with Crippen LogP contribution in [0.25, 0.3) is 0 Å². The van der Waals surface area contributed by atoms with Crippen LogP contribution >= 0.6 is 0 Å². The molecule has 13 heavy (non-hydrogen) atoms. The van der Waals surface area contributed by atoms with Gasteiger partial charge in [-0.2, -0.15) is 0 Å². The van der Waals surface area contributed by atoms with E-state index in [1.165, 1.54) is 0 Å². The summed E-state index contributed by atoms with van der Waals surface area (Å²) in [5, 5.41) is 17.1. The molecular weight excluding hydrogens is 182 g/mol. The Labute approximate surface area is 72.2 Å². The number of aromatic carboxylic acids is 1. The molecule has 0 aliphatic carbocycles. The van der Waals surface area contributed by atoms with E-state index in [1.807, 2.05) is 0 Å². The zero-order chi connectivity index (χ0) is 10.0. The van der Waals surface area contributed by atoms with Crippen LogP contribution in [0.3, 0.4) is 0 Å². The number of rotatable bonds is 2. The standard InChI is InChI=1S/C8H6F2O3/c9-5-1-2-6(10)7(8(12)13)4(5)3-11/h1-2,11H,3H2,(H,12,13). The van der Waals surface area contributed by atoms with Crippen LogP contribution < -0.4 is 0 Å². The van der Waals surface area contributed by atoms with Gasteiger partial charge in [0.25, 0.3) is 0 Å². The van der Waals surface area contributed by atoms with Gasteiger partial charge in [-0.05, 0) is 12.1 Å². The topological polar surface area (TPSA) is 57.5 Å². The minimum absolute atomic E-state index is 0.535. The predicted octanol–water partition coefficient (Wildman–Crippen LogP) is 1.16. The summed E-state index contributed by atoms with van der Waals surface area (Å²) in [4.78, 5) is 10.4. The van der Waals surface area contributed by atoms with Gasteiger partial charge in [0.1, 0.15) is 17.2 Å². The van der Waals surface area contributed by atoms with Crippen molar-refractivity contribution in [1.29, 1.82) is 0 Å². The van der Waals surface area contributed by atoms with Gasteiger partial charge >= 0.3 is 5.97 Å². The van der Waals surface area contributed by atoms with Crippen molar-refractivity contribution in [1.82, 2.24) is 0 Å². The van der Waals surface area contributed by atoms with Crippen LogP contribution in [0, 0.1) is 11.6 Å². The molecule has 0 heterocycles. The minimum Gasteiger partial charge on any atom is -0.478 e. The number of carboxylic acids is 1. The van der Waals surface area contributed by atoms with Crippen LogP contribution in [0.4, 0.5) is 8.78 Å². The molecule has 1 aromatic carbocycles. The fourth-order valence-electron chi connectivity index (χ4n) is 0.980. The molecule has 70 valence electrons. The molecule has 5 heteroatoms. The van der Waals surface area contributed by atoms with Crippen molar-refractivity contribution in [3.8, 4) is 0 Å². The minimum atomic E-state index is -1.60. The molecule has 0 unspecified atom stereocenters. The third kappa shape index (κ3) is 1.65. The molecule has 1 aromatic rings. The monoisotopic (exact) mass is 188 g/mol. The summed E-state index contributed by atoms with van der Waals surface area (Å²) in [6, 6.07) is 1.48. The van der Waals surface area contributed by atoms with Crippen molar-refractivity contribution in [2.75, 3.05) is 0 Å². The highest BCUT2D eigenvalue weighted by Crippen LogP contribution is 2.17. The first-order valence-corrected chi connectivity index (χ1v) is 3.39. The molecule has 0 atom stereocenters. The van der Waals surface area contributed by atoms with Gasteiger partial charge in [-0.15, -0.1) is 0 Å². The number of benzene rings is 1. The van der Waals surface area contributed by atoms with E-state index in [2.05, 4.69) is 0 Å². The highest BCUT2D eigenvalue weighted by Gasteiger charge is 2.18. The highest BCUT2D eigenvalue weighted by molar-refractivity contribution is 5.89. The van der Waals surface area contributed by atoms with Gasteiger partial charge in [0.05, 0.1) is 6.61 Å². The van der Waals surface area contributed by atoms with Gasteiger partial charge in [-0.3, -0.25) is 0 Å². The summed E-state index contributed by atoms with van der Waals surface area (Å²) in [7, 11) is 0. The quantitative estimate of drug-likeness (QED) is 0.732. The molecule has 3 nitrogen and oxygen atoms in total. The molecule has 1 rings (SSSR count). The molecule has 0 amide bonds. The summed E-state index contributed by atoms with van der Waals surface area (Å²) < 4.78 is 25.6. The summed E-state index contributed by atoms with van der Waals surface area (Å²) in [6.45, 7) is -0.842. The average molecular weight is 188 g/mol. The van der Waals surface area contributed by atoms with E-state index in [4.69, 9.17) is 10.2 Å². The fraction of sp³-hybridized carbons (Fsp3) is 0.125. The lowest BCUT2D eigenvalue weighted by Crippen LogP contribution is -2.08. The maximum Gasteiger partial charge on any atom is 0.339 e. The van der Waals surface area contributed by atoms with Crippen molar-refractivity contribution in [3.63, 3.8) is 0 Å². The van der Waals surface area contributed by atoms with Gasteiger partial charge in [0.15, 0.2) is 0 Å². The summed E-state index contributed by atoms with van der Waals surface area (Å²) >= 11 is 0. The Morgan fingerprint density at radius 2 is 1.85 bits per heavy atom. The zero-order valence-electron chi connectivity index (χ0n) is 6.42. The molecule has 0 fully saturated rings. The lowest BCUT2D eigenvalue weighted by Gasteiger charge is -2.04. The second-order valence-corrected chi connectivity index (χ2v) is 2.35. The Hall–Kier alpha value is -1.49. The third-order valence-corrected chi connectivity index (χ3v) is 1.58. The SMILES string of the molecule is O=C(O)c1c(F)ccc(F)c1CO. The Kier molecular flexibility index (Phi) is 2.57. The van der Waals surface area contributed by atoms with E-state index in [0.717, 1.165) is 6.07 Å². The van der Waals surface area contributed by atoms with Crippen LogP contribution in [-0.4, -0.2) is 16.2 Å². The molecule has 0 aliphatic heterocycles. The van der Waals surface area contributed by atoms with Crippen LogP contribution in [-0.2, 0) is 6.61 Å². The van der Waals surface area contributed by atoms with Crippen LogP contribution in [0.5, 0.6) is 0 Å². The van der Waals surface area contributed by atoms with Gasteiger partial charge < -0.3 is 10.2 Å². The van der Waals surface area contributed by atoms with Gasteiger partial charge in [-0.1, -0.05) is 0 Å². The maximum absolute atomic E-state index is 12.8. The first kappa shape index (κ1) is 9.60. The van der Waals surface area contributed by atoms with E-state index in [-0.39, 0.29) is 0 Å². The largest absolute Gasteiger partial charge is 0.478 e. The normalized spacial score (nSPS) is 10.1. The van der Waals surface area contributed by atoms with Crippen LogP contribution in [0.1, 0.15) is 15.9 Å². The Balaban J connectivity index is 3.43. The molecule has 0 radical (unpaired) electrons. The molecule has 0 spiro atoms. The van der Waals surface area contributed by atoms with Crippen molar-refractivity contribution in [2.24, 2.45) is 0 Å². The van der Waals surface area contributed by atoms with Gasteiger partial charge in [-0.25, -0.2) is 13.6 Å². The number of hydrogen-bond acceptors (Lipinski definition) is 2. The maximum atomic E-state index is 12.8. The van der Waals surface area contributed by atoms with Crippen LogP contribution in [0.15, 0.2) is 12.1 Å². The first-order valence-electron chi connectivity index (χ1n) is 3.39. The number of halogens is 2. The molecular formula is C8H6F2O3. The van der Waals surface area contributed by atoms with Crippen molar-refractivity contribution < 1.29 is 23.8 Å². The number of carbonyl (C=O) groups is 1. The molecule has 0 aromatic heterocycles. The van der Waals surface area contributed by atoms with Gasteiger partial charge in [0.2, 0.25) is 0 Å². The van der Waals surface area contributed by atoms with E-state index < -0.39 is 35.3 Å². The van der Waals surface area contributed by atoms with Crippen molar-refractivity contribution in [3.05, 3.63) is 34.9 Å². The zero-order valence-corrected chi connectivity index (χ0v) is 6.42. The Bertz CT molecular complexity index is 349. The number of carboxylic acid groups (broad SMARTS) is 1. The Morgan fingerprint density at radius 3 is 2.23 bits per heavy atom. The van der Waals surface area contributed by atoms with E-state index >= 15 is 0 Å². The van der Waals surface area contributed by atoms with Crippen molar-refractivity contribution >= 4 is 5.97 Å². The summed E-state index contributed by atoms with van der Waals surface area (Å²) in [5.74, 6) is -3.58. The number of aliphatic hydroxyl groups is 1.